The molecule has 0 saturated carbocycles. The van der Waals surface area contributed by atoms with E-state index in [1.165, 1.54) is 11.0 Å². The number of likely N-dealkylation sites (tertiary alicyclic amines) is 1. The van der Waals surface area contributed by atoms with E-state index in [-0.39, 0.29) is 23.3 Å². The van der Waals surface area contributed by atoms with Crippen molar-refractivity contribution in [2.24, 2.45) is 4.40 Å². The molecule has 35 heavy (non-hydrogen) atoms. The summed E-state index contributed by atoms with van der Waals surface area (Å²) in [5.74, 6) is 0.915. The number of amidine groups is 1. The lowest BCUT2D eigenvalue weighted by Gasteiger charge is -2.30. The smallest absolute Gasteiger partial charge is 0.285 e. The molecule has 184 valence electrons. The largest absolute Gasteiger partial charge is 0.486 e. The van der Waals surface area contributed by atoms with Gasteiger partial charge in [0.15, 0.2) is 17.3 Å². The summed E-state index contributed by atoms with van der Waals surface area (Å²) >= 11 is 0. The van der Waals surface area contributed by atoms with Gasteiger partial charge in [0.25, 0.3) is 10.0 Å². The first-order valence-corrected chi connectivity index (χ1v) is 13.0. The van der Waals surface area contributed by atoms with Crippen molar-refractivity contribution in [1.82, 2.24) is 9.80 Å². The minimum atomic E-state index is -3.79. The molecule has 11 heteroatoms. The highest BCUT2D eigenvalue weighted by Crippen LogP contribution is 2.33. The number of likely N-dealkylation sites (N-methyl/N-ethyl adjacent to an activating group) is 1. The van der Waals surface area contributed by atoms with Crippen LogP contribution in [0.5, 0.6) is 11.5 Å². The minimum absolute atomic E-state index is 0.129. The summed E-state index contributed by atoms with van der Waals surface area (Å²) < 4.78 is 40.1. The minimum Gasteiger partial charge on any atom is -0.486 e. The van der Waals surface area contributed by atoms with Crippen LogP contribution in [0.15, 0.2) is 51.8 Å². The van der Waals surface area contributed by atoms with Crippen molar-refractivity contribution in [2.45, 2.75) is 30.7 Å². The fourth-order valence-electron chi connectivity index (χ4n) is 4.62. The molecular weight excluding hydrogens is 472 g/mol. The third-order valence-electron chi connectivity index (χ3n) is 6.28. The average Bonchev–Trinajstić information content (AvgIpc) is 3.44. The van der Waals surface area contributed by atoms with E-state index < -0.39 is 16.1 Å². The summed E-state index contributed by atoms with van der Waals surface area (Å²) in [5, 5.41) is 2.81. The van der Waals surface area contributed by atoms with Gasteiger partial charge in [-0.25, -0.2) is 0 Å². The number of carbonyl (C=O) groups is 2. The number of benzene rings is 2. The molecule has 1 N–H and O–H groups in total. The van der Waals surface area contributed by atoms with Gasteiger partial charge in [0.1, 0.15) is 24.2 Å². The van der Waals surface area contributed by atoms with Gasteiger partial charge in [-0.3, -0.25) is 9.59 Å². The van der Waals surface area contributed by atoms with E-state index in [2.05, 4.69) is 9.71 Å². The molecule has 3 aliphatic rings. The highest BCUT2D eigenvalue weighted by Gasteiger charge is 2.40. The maximum absolute atomic E-state index is 13.5. The van der Waals surface area contributed by atoms with Crippen molar-refractivity contribution < 1.29 is 27.5 Å². The van der Waals surface area contributed by atoms with Crippen LogP contribution in [-0.4, -0.2) is 74.8 Å². The second kappa shape index (κ2) is 9.21. The monoisotopic (exact) mass is 498 g/mol. The van der Waals surface area contributed by atoms with Crippen molar-refractivity contribution in [3.05, 3.63) is 48.0 Å². The van der Waals surface area contributed by atoms with Gasteiger partial charge < -0.3 is 24.6 Å². The van der Waals surface area contributed by atoms with Gasteiger partial charge in [-0.1, -0.05) is 12.1 Å². The first-order chi connectivity index (χ1) is 16.9. The molecule has 1 atom stereocenters. The zero-order valence-electron chi connectivity index (χ0n) is 19.3. The van der Waals surface area contributed by atoms with Gasteiger partial charge in [-0.2, -0.15) is 8.42 Å². The number of hydrogen-bond donors (Lipinski definition) is 1. The van der Waals surface area contributed by atoms with Crippen LogP contribution < -0.4 is 14.8 Å². The number of fused-ring (bicyclic) bond motifs is 2. The predicted molar refractivity (Wildman–Crippen MR) is 128 cm³/mol. The van der Waals surface area contributed by atoms with E-state index in [0.29, 0.717) is 61.3 Å². The normalized spacial score (nSPS) is 19.6. The Morgan fingerprint density at radius 2 is 1.91 bits per heavy atom. The molecule has 0 spiro atoms. The Kier molecular flexibility index (Phi) is 6.10. The zero-order chi connectivity index (χ0) is 24.6. The molecule has 0 unspecified atom stereocenters. The quantitative estimate of drug-likeness (QED) is 0.669. The maximum atomic E-state index is 13.5. The number of ether oxygens (including phenoxy) is 2. The third kappa shape index (κ3) is 4.43. The Bertz CT molecular complexity index is 1310. The molecular formula is C24H26N4O6S. The summed E-state index contributed by atoms with van der Waals surface area (Å²) in [6.07, 6.45) is 1.28. The first kappa shape index (κ1) is 23.2. The van der Waals surface area contributed by atoms with Crippen LogP contribution in [0.4, 0.5) is 5.69 Å². The predicted octanol–water partition coefficient (Wildman–Crippen LogP) is 1.86. The molecule has 2 aromatic rings. The Morgan fingerprint density at radius 3 is 2.71 bits per heavy atom. The molecule has 0 bridgehead atoms. The van der Waals surface area contributed by atoms with Crippen LogP contribution in [0.25, 0.3) is 0 Å². The van der Waals surface area contributed by atoms with E-state index in [9.17, 15) is 18.0 Å². The molecule has 3 heterocycles. The highest BCUT2D eigenvalue weighted by atomic mass is 32.2. The Hall–Kier alpha value is -3.60. The van der Waals surface area contributed by atoms with Crippen LogP contribution in [0.2, 0.25) is 0 Å². The van der Waals surface area contributed by atoms with E-state index in [1.54, 1.807) is 48.2 Å². The molecule has 5 rings (SSSR count). The number of amides is 2. The summed E-state index contributed by atoms with van der Waals surface area (Å²) in [6.45, 7) is 3.45. The van der Waals surface area contributed by atoms with Crippen LogP contribution in [0, 0.1) is 0 Å². The van der Waals surface area contributed by atoms with Crippen molar-refractivity contribution in [3.8, 4) is 11.5 Å². The van der Waals surface area contributed by atoms with Gasteiger partial charge in [0, 0.05) is 30.4 Å². The molecule has 1 fully saturated rings. The van der Waals surface area contributed by atoms with E-state index in [0.717, 1.165) is 6.42 Å². The number of sulfonamides is 1. The van der Waals surface area contributed by atoms with Crippen LogP contribution >= 0.6 is 0 Å². The Labute approximate surface area is 203 Å². The first-order valence-electron chi connectivity index (χ1n) is 11.6. The molecule has 2 aromatic carbocycles. The van der Waals surface area contributed by atoms with Crippen molar-refractivity contribution >= 4 is 33.4 Å². The fraction of sp³-hybridized carbons (Fsp3) is 0.375. The van der Waals surface area contributed by atoms with Crippen molar-refractivity contribution in [2.75, 3.05) is 38.2 Å². The fourth-order valence-corrected chi connectivity index (χ4v) is 5.84. The van der Waals surface area contributed by atoms with Crippen LogP contribution in [0.3, 0.4) is 0 Å². The molecule has 0 aliphatic carbocycles. The number of rotatable bonds is 5. The molecule has 1 saturated heterocycles. The molecule has 3 aliphatic heterocycles. The van der Waals surface area contributed by atoms with Gasteiger partial charge in [0.05, 0.1) is 6.54 Å². The van der Waals surface area contributed by atoms with E-state index in [4.69, 9.17) is 9.47 Å². The average molecular weight is 499 g/mol. The van der Waals surface area contributed by atoms with Crippen LogP contribution in [-0.2, 0) is 19.6 Å². The number of hydrogen-bond acceptors (Lipinski definition) is 7. The molecule has 2 amide bonds. The number of nitrogens with zero attached hydrogens (tertiary/aromatic N) is 3. The molecule has 0 aromatic heterocycles. The maximum Gasteiger partial charge on any atom is 0.285 e. The summed E-state index contributed by atoms with van der Waals surface area (Å²) in [4.78, 5) is 29.6. The third-order valence-corrected chi connectivity index (χ3v) is 7.60. The van der Waals surface area contributed by atoms with Gasteiger partial charge in [-0.15, -0.1) is 4.40 Å². The van der Waals surface area contributed by atoms with Crippen molar-refractivity contribution in [1.29, 1.82) is 0 Å². The van der Waals surface area contributed by atoms with E-state index >= 15 is 0 Å². The molecule has 0 radical (unpaired) electrons. The summed E-state index contributed by atoms with van der Waals surface area (Å²) in [7, 11) is -3.79. The van der Waals surface area contributed by atoms with E-state index in [1.807, 2.05) is 0 Å². The topological polar surface area (TPSA) is 118 Å². The summed E-state index contributed by atoms with van der Waals surface area (Å²) in [6, 6.07) is 11.2. The van der Waals surface area contributed by atoms with Crippen molar-refractivity contribution in [3.63, 3.8) is 0 Å². The summed E-state index contributed by atoms with van der Waals surface area (Å²) in [5.41, 5.74) is 1.05. The second-order valence-electron chi connectivity index (χ2n) is 8.50. The van der Waals surface area contributed by atoms with Crippen LogP contribution in [0.1, 0.15) is 25.3 Å². The lowest BCUT2D eigenvalue weighted by molar-refractivity contribution is -0.137. The standard InChI is InChI=1S/C24H26N4O6S/c1-2-27(15-22(29)25-16-9-10-19-20(14-16)34-13-12-33-19)24(30)18-7-5-11-28(18)23-17-6-3-4-8-21(17)35(31,32)26-23/h3-4,6,8-10,14,18H,2,5,7,11-13,15H2,1H3,(H,25,29)/t18-/m0/s1. The van der Waals surface area contributed by atoms with Gasteiger partial charge in [-0.05, 0) is 44.0 Å². The molecule has 10 nitrogen and oxygen atoms in total. The SMILES string of the molecule is CCN(CC(=O)Nc1ccc2c(c1)OCCO2)C(=O)[C@@H]1CCCN1C1=NS(=O)(=O)c2ccccc21. The highest BCUT2D eigenvalue weighted by molar-refractivity contribution is 7.90. The second-order valence-corrected chi connectivity index (χ2v) is 10.1. The number of anilines is 1. The Balaban J connectivity index is 1.29. The number of nitrogens with one attached hydrogen (secondary N) is 1. The zero-order valence-corrected chi connectivity index (χ0v) is 20.1. The van der Waals surface area contributed by atoms with Gasteiger partial charge in [0.2, 0.25) is 11.8 Å². The Morgan fingerprint density at radius 1 is 1.14 bits per heavy atom. The lowest BCUT2D eigenvalue weighted by atomic mass is 10.1. The number of carbonyl (C=O) groups excluding carboxylic acids is 2. The lowest BCUT2D eigenvalue weighted by Crippen LogP contribution is -2.49. The van der Waals surface area contributed by atoms with Gasteiger partial charge >= 0.3 is 0 Å².